The molecule has 3 N–H and O–H groups in total. The van der Waals surface area contributed by atoms with Crippen LogP contribution in [0.4, 0.5) is 0 Å². The second kappa shape index (κ2) is 7.47. The van der Waals surface area contributed by atoms with E-state index in [1.807, 2.05) is 26.0 Å². The van der Waals surface area contributed by atoms with Crippen molar-refractivity contribution in [1.29, 1.82) is 0 Å². The van der Waals surface area contributed by atoms with Crippen LogP contribution in [0.3, 0.4) is 0 Å². The normalized spacial score (nSPS) is 12.3. The molecular formula is C16H21N3O2S. The first-order valence-corrected chi connectivity index (χ1v) is 8.22. The molecule has 1 atom stereocenters. The number of carbonyl (C=O) groups is 2. The average Bonchev–Trinajstić information content (AvgIpc) is 2.86. The topological polar surface area (TPSA) is 85.1 Å². The van der Waals surface area contributed by atoms with E-state index in [1.165, 1.54) is 16.9 Å². The van der Waals surface area contributed by atoms with Crippen LogP contribution in [0.15, 0.2) is 18.2 Å². The summed E-state index contributed by atoms with van der Waals surface area (Å²) in [4.78, 5) is 28.1. The Morgan fingerprint density at radius 2 is 2.18 bits per heavy atom. The van der Waals surface area contributed by atoms with Crippen LogP contribution >= 0.6 is 11.3 Å². The Balaban J connectivity index is 1.89. The fourth-order valence-electron chi connectivity index (χ4n) is 2.15. The molecule has 6 heteroatoms. The number of fused-ring (bicyclic) bond motifs is 1. The molecule has 0 radical (unpaired) electrons. The van der Waals surface area contributed by atoms with Gasteiger partial charge in [0.2, 0.25) is 5.91 Å². The zero-order valence-corrected chi connectivity index (χ0v) is 13.7. The first-order chi connectivity index (χ1) is 10.5. The van der Waals surface area contributed by atoms with Crippen molar-refractivity contribution in [3.05, 3.63) is 28.8 Å². The number of benzene rings is 1. The summed E-state index contributed by atoms with van der Waals surface area (Å²) < 4.78 is 1.08. The minimum Gasteiger partial charge on any atom is -0.348 e. The Kier molecular flexibility index (Phi) is 5.63. The summed E-state index contributed by atoms with van der Waals surface area (Å²) in [5, 5.41) is 3.37. The number of aromatic nitrogens is 1. The van der Waals surface area contributed by atoms with Crippen molar-refractivity contribution in [3.8, 4) is 0 Å². The molecule has 1 aromatic heterocycles. The Bertz CT molecular complexity index is 681. The number of rotatable bonds is 7. The number of nitrogens with one attached hydrogen (secondary N) is 1. The van der Waals surface area contributed by atoms with E-state index in [-0.39, 0.29) is 24.7 Å². The Labute approximate surface area is 133 Å². The highest BCUT2D eigenvalue weighted by Crippen LogP contribution is 2.23. The third-order valence-electron chi connectivity index (χ3n) is 3.33. The third kappa shape index (κ3) is 4.35. The van der Waals surface area contributed by atoms with Crippen LogP contribution in [-0.2, 0) is 16.0 Å². The molecule has 0 aliphatic rings. The first-order valence-electron chi connectivity index (χ1n) is 7.40. The number of nitrogens with zero attached hydrogens (tertiary/aromatic N) is 1. The zero-order chi connectivity index (χ0) is 16.1. The molecule has 2 aromatic rings. The molecule has 0 aliphatic heterocycles. The number of hydrogen-bond donors (Lipinski definition) is 2. The second-order valence-corrected chi connectivity index (χ2v) is 6.52. The van der Waals surface area contributed by atoms with Crippen molar-refractivity contribution in [1.82, 2.24) is 10.3 Å². The Morgan fingerprint density at radius 3 is 2.91 bits per heavy atom. The third-order valence-corrected chi connectivity index (χ3v) is 4.35. The molecule has 22 heavy (non-hydrogen) atoms. The highest BCUT2D eigenvalue weighted by atomic mass is 32.1. The molecule has 0 fully saturated rings. The summed E-state index contributed by atoms with van der Waals surface area (Å²) in [5.74, 6) is -0.331. The molecular weight excluding hydrogens is 298 g/mol. The molecule has 0 spiro atoms. The van der Waals surface area contributed by atoms with Gasteiger partial charge in [0.25, 0.3) is 0 Å². The standard InChI is InChI=1S/C16H21N3O2S/c1-3-4-12(17)16(21)18-9-11(20)8-15-19-13-6-5-10(2)7-14(13)22-15/h5-7,12H,3-4,8-9,17H2,1-2H3,(H,18,21)/t12-/m0/s1. The molecule has 2 rings (SSSR count). The van der Waals surface area contributed by atoms with Gasteiger partial charge in [-0.15, -0.1) is 11.3 Å². The van der Waals surface area contributed by atoms with Crippen LogP contribution in [0, 0.1) is 6.92 Å². The Morgan fingerprint density at radius 1 is 1.41 bits per heavy atom. The lowest BCUT2D eigenvalue weighted by atomic mass is 10.1. The summed E-state index contributed by atoms with van der Waals surface area (Å²) in [5.41, 5.74) is 7.78. The van der Waals surface area contributed by atoms with Gasteiger partial charge in [0.05, 0.1) is 29.2 Å². The van der Waals surface area contributed by atoms with E-state index in [9.17, 15) is 9.59 Å². The van der Waals surface area contributed by atoms with E-state index in [2.05, 4.69) is 16.4 Å². The SMILES string of the molecule is CCC[C@H](N)C(=O)NCC(=O)Cc1nc2ccc(C)cc2s1. The summed E-state index contributed by atoms with van der Waals surface area (Å²) in [6, 6.07) is 5.49. The van der Waals surface area contributed by atoms with Gasteiger partial charge in [-0.25, -0.2) is 4.98 Å². The van der Waals surface area contributed by atoms with Crippen LogP contribution in [0.5, 0.6) is 0 Å². The number of aryl methyl sites for hydroxylation is 1. The molecule has 0 saturated carbocycles. The second-order valence-electron chi connectivity index (χ2n) is 5.41. The van der Waals surface area contributed by atoms with E-state index >= 15 is 0 Å². The van der Waals surface area contributed by atoms with Crippen molar-refractivity contribution >= 4 is 33.2 Å². The molecule has 0 aliphatic carbocycles. The largest absolute Gasteiger partial charge is 0.348 e. The van der Waals surface area contributed by atoms with Gasteiger partial charge in [-0.1, -0.05) is 19.4 Å². The summed E-state index contributed by atoms with van der Waals surface area (Å²) in [6.45, 7) is 4.00. The van der Waals surface area contributed by atoms with Crippen LogP contribution in [-0.4, -0.2) is 29.3 Å². The van der Waals surface area contributed by atoms with Gasteiger partial charge in [0, 0.05) is 0 Å². The fraction of sp³-hybridized carbons (Fsp3) is 0.438. The minimum atomic E-state index is -0.539. The number of nitrogens with two attached hydrogens (primary N) is 1. The van der Waals surface area contributed by atoms with E-state index in [0.717, 1.165) is 21.6 Å². The predicted octanol–water partition coefficient (Wildman–Crippen LogP) is 1.96. The lowest BCUT2D eigenvalue weighted by Crippen LogP contribution is -2.42. The summed E-state index contributed by atoms with van der Waals surface area (Å²) in [7, 11) is 0. The predicted molar refractivity (Wildman–Crippen MR) is 89.0 cm³/mol. The molecule has 5 nitrogen and oxygen atoms in total. The summed E-state index contributed by atoms with van der Waals surface area (Å²) >= 11 is 1.52. The van der Waals surface area contributed by atoms with Crippen molar-refractivity contribution in [3.63, 3.8) is 0 Å². The molecule has 0 unspecified atom stereocenters. The number of Topliss-reactive ketones (excluding diaryl/α,β-unsaturated/α-hetero) is 1. The van der Waals surface area contributed by atoms with E-state index < -0.39 is 6.04 Å². The molecule has 0 bridgehead atoms. The highest BCUT2D eigenvalue weighted by molar-refractivity contribution is 7.18. The zero-order valence-electron chi connectivity index (χ0n) is 12.9. The number of thiazole rings is 1. The first kappa shape index (κ1) is 16.6. The smallest absolute Gasteiger partial charge is 0.237 e. The van der Waals surface area contributed by atoms with Gasteiger partial charge >= 0.3 is 0 Å². The monoisotopic (exact) mass is 319 g/mol. The highest BCUT2D eigenvalue weighted by Gasteiger charge is 2.14. The maximum Gasteiger partial charge on any atom is 0.237 e. The fourth-order valence-corrected chi connectivity index (χ4v) is 3.24. The van der Waals surface area contributed by atoms with E-state index in [4.69, 9.17) is 5.73 Å². The minimum absolute atomic E-state index is 0.00516. The molecule has 118 valence electrons. The van der Waals surface area contributed by atoms with Crippen molar-refractivity contribution in [2.24, 2.45) is 5.73 Å². The van der Waals surface area contributed by atoms with Crippen LogP contribution in [0.25, 0.3) is 10.2 Å². The molecule has 1 heterocycles. The number of ketones is 1. The maximum absolute atomic E-state index is 12.0. The van der Waals surface area contributed by atoms with E-state index in [0.29, 0.717) is 6.42 Å². The van der Waals surface area contributed by atoms with Crippen molar-refractivity contribution < 1.29 is 9.59 Å². The van der Waals surface area contributed by atoms with Gasteiger partial charge in [-0.05, 0) is 31.0 Å². The summed E-state index contributed by atoms with van der Waals surface area (Å²) in [6.07, 6.45) is 1.70. The maximum atomic E-state index is 12.0. The van der Waals surface area contributed by atoms with Gasteiger partial charge in [-0.2, -0.15) is 0 Å². The van der Waals surface area contributed by atoms with Crippen LogP contribution < -0.4 is 11.1 Å². The number of hydrogen-bond acceptors (Lipinski definition) is 5. The molecule has 1 amide bonds. The number of carbonyl (C=O) groups excluding carboxylic acids is 2. The van der Waals surface area contributed by atoms with Gasteiger partial charge in [-0.3, -0.25) is 9.59 Å². The van der Waals surface area contributed by atoms with Crippen LogP contribution in [0.2, 0.25) is 0 Å². The average molecular weight is 319 g/mol. The number of amides is 1. The van der Waals surface area contributed by atoms with Gasteiger partial charge in [0.15, 0.2) is 5.78 Å². The quantitative estimate of drug-likeness (QED) is 0.817. The van der Waals surface area contributed by atoms with Crippen molar-refractivity contribution in [2.45, 2.75) is 39.2 Å². The molecule has 1 aromatic carbocycles. The lowest BCUT2D eigenvalue weighted by molar-refractivity contribution is -0.125. The van der Waals surface area contributed by atoms with Crippen LogP contribution in [0.1, 0.15) is 30.3 Å². The lowest BCUT2D eigenvalue weighted by Gasteiger charge is -2.10. The Hall–Kier alpha value is -1.79. The molecule has 0 saturated heterocycles. The van der Waals surface area contributed by atoms with E-state index in [1.54, 1.807) is 0 Å². The van der Waals surface area contributed by atoms with Gasteiger partial charge < -0.3 is 11.1 Å². The van der Waals surface area contributed by atoms with Gasteiger partial charge in [0.1, 0.15) is 5.01 Å². The van der Waals surface area contributed by atoms with Crippen molar-refractivity contribution in [2.75, 3.05) is 6.54 Å².